The first-order valence-electron chi connectivity index (χ1n) is 7.70. The first-order chi connectivity index (χ1) is 10.7. The second-order valence-electron chi connectivity index (χ2n) is 5.92. The molecule has 2 heterocycles. The average Bonchev–Trinajstić information content (AvgIpc) is 2.54. The molecule has 3 N–H and O–H groups in total. The molecule has 5 heteroatoms. The Bertz CT molecular complexity index is 679. The first kappa shape index (κ1) is 14.8. The number of nitrogens with zero attached hydrogens (tertiary/aromatic N) is 2. The van der Waals surface area contributed by atoms with Gasteiger partial charge in [-0.1, -0.05) is 18.2 Å². The van der Waals surface area contributed by atoms with Crippen molar-refractivity contribution in [3.05, 3.63) is 35.9 Å². The van der Waals surface area contributed by atoms with Crippen molar-refractivity contribution in [1.82, 2.24) is 4.98 Å². The summed E-state index contributed by atoms with van der Waals surface area (Å²) in [5, 5.41) is 10.7. The minimum absolute atomic E-state index is 0.0195. The topological polar surface area (TPSA) is 79.5 Å². The minimum atomic E-state index is -0.224. The number of benzene rings is 1. The Morgan fingerprint density at radius 2 is 2.05 bits per heavy atom. The molecule has 22 heavy (non-hydrogen) atoms. The number of fused-ring (bicyclic) bond motifs is 1. The summed E-state index contributed by atoms with van der Waals surface area (Å²) in [6.07, 6.45) is 2.33. The summed E-state index contributed by atoms with van der Waals surface area (Å²) in [7, 11) is 0. The summed E-state index contributed by atoms with van der Waals surface area (Å²) < 4.78 is 0. The highest BCUT2D eigenvalue weighted by molar-refractivity contribution is 5.81. The van der Waals surface area contributed by atoms with E-state index < -0.39 is 0 Å². The SMILES string of the molecule is NC(=O)CC1CCN(c2nc3ccccc3cc2CO)CC1. The number of primary amides is 1. The van der Waals surface area contributed by atoms with Crippen molar-refractivity contribution in [2.45, 2.75) is 25.9 Å². The molecule has 116 valence electrons. The van der Waals surface area contributed by atoms with E-state index in [2.05, 4.69) is 4.90 Å². The van der Waals surface area contributed by atoms with Crippen LogP contribution in [0.2, 0.25) is 0 Å². The molecule has 0 spiro atoms. The van der Waals surface area contributed by atoms with Gasteiger partial charge in [0, 0.05) is 30.5 Å². The molecular formula is C17H21N3O2. The Balaban J connectivity index is 1.82. The zero-order chi connectivity index (χ0) is 15.5. The number of carbonyl (C=O) groups is 1. The number of rotatable bonds is 4. The van der Waals surface area contributed by atoms with Crippen LogP contribution in [-0.4, -0.2) is 29.1 Å². The van der Waals surface area contributed by atoms with Crippen LogP contribution in [0.3, 0.4) is 0 Å². The fourth-order valence-electron chi connectivity index (χ4n) is 3.17. The highest BCUT2D eigenvalue weighted by atomic mass is 16.3. The second-order valence-corrected chi connectivity index (χ2v) is 5.92. The van der Waals surface area contributed by atoms with Gasteiger partial charge < -0.3 is 15.7 Å². The number of nitrogens with two attached hydrogens (primary N) is 1. The van der Waals surface area contributed by atoms with Crippen LogP contribution in [0.15, 0.2) is 30.3 Å². The third-order valence-electron chi connectivity index (χ3n) is 4.35. The molecule has 1 aromatic carbocycles. The maximum Gasteiger partial charge on any atom is 0.217 e. The van der Waals surface area contributed by atoms with Crippen molar-refractivity contribution < 1.29 is 9.90 Å². The van der Waals surface area contributed by atoms with Gasteiger partial charge in [0.05, 0.1) is 12.1 Å². The minimum Gasteiger partial charge on any atom is -0.392 e. The smallest absolute Gasteiger partial charge is 0.217 e. The van der Waals surface area contributed by atoms with E-state index in [0.717, 1.165) is 48.2 Å². The molecule has 0 radical (unpaired) electrons. The average molecular weight is 299 g/mol. The van der Waals surface area contributed by atoms with E-state index in [1.54, 1.807) is 0 Å². The monoisotopic (exact) mass is 299 g/mol. The number of para-hydroxylation sites is 1. The Morgan fingerprint density at radius 3 is 2.73 bits per heavy atom. The van der Waals surface area contributed by atoms with Crippen LogP contribution in [0, 0.1) is 5.92 Å². The molecule has 0 atom stereocenters. The predicted octanol–water partition coefficient (Wildman–Crippen LogP) is 1.82. The summed E-state index contributed by atoms with van der Waals surface area (Å²) in [5.74, 6) is 1.00. The van der Waals surface area contributed by atoms with Gasteiger partial charge in [-0.05, 0) is 30.9 Å². The Morgan fingerprint density at radius 1 is 1.32 bits per heavy atom. The number of hydrogen-bond acceptors (Lipinski definition) is 4. The van der Waals surface area contributed by atoms with Gasteiger partial charge in [0.1, 0.15) is 5.82 Å². The summed E-state index contributed by atoms with van der Waals surface area (Å²) in [6, 6.07) is 9.94. The molecule has 1 amide bonds. The lowest BCUT2D eigenvalue weighted by Gasteiger charge is -2.33. The van der Waals surface area contributed by atoms with E-state index in [1.807, 2.05) is 30.3 Å². The van der Waals surface area contributed by atoms with Crippen LogP contribution in [0.4, 0.5) is 5.82 Å². The van der Waals surface area contributed by atoms with Crippen LogP contribution < -0.4 is 10.6 Å². The normalized spacial score (nSPS) is 16.1. The number of anilines is 1. The van der Waals surface area contributed by atoms with Gasteiger partial charge in [-0.25, -0.2) is 4.98 Å². The second kappa shape index (κ2) is 6.32. The number of aliphatic hydroxyl groups is 1. The molecule has 1 aromatic heterocycles. The molecule has 2 aromatic rings. The van der Waals surface area contributed by atoms with Crippen LogP contribution in [0.25, 0.3) is 10.9 Å². The van der Waals surface area contributed by atoms with Crippen LogP contribution in [0.1, 0.15) is 24.8 Å². The van der Waals surface area contributed by atoms with E-state index in [9.17, 15) is 9.90 Å². The Kier molecular flexibility index (Phi) is 4.24. The first-order valence-corrected chi connectivity index (χ1v) is 7.70. The lowest BCUT2D eigenvalue weighted by molar-refractivity contribution is -0.119. The van der Waals surface area contributed by atoms with E-state index >= 15 is 0 Å². The molecule has 1 aliphatic rings. The fraction of sp³-hybridized carbons (Fsp3) is 0.412. The summed E-state index contributed by atoms with van der Waals surface area (Å²) in [6.45, 7) is 1.67. The molecule has 0 unspecified atom stereocenters. The number of aliphatic hydroxyl groups excluding tert-OH is 1. The summed E-state index contributed by atoms with van der Waals surface area (Å²) in [5.41, 5.74) is 7.07. The van der Waals surface area contributed by atoms with E-state index in [0.29, 0.717) is 12.3 Å². The van der Waals surface area contributed by atoms with Gasteiger partial charge in [0.15, 0.2) is 0 Å². The number of piperidine rings is 1. The maximum absolute atomic E-state index is 11.0. The van der Waals surface area contributed by atoms with Crippen molar-refractivity contribution in [3.63, 3.8) is 0 Å². The molecule has 1 aliphatic heterocycles. The number of pyridine rings is 1. The standard InChI is InChI=1S/C17H21N3O2/c18-16(22)9-12-5-7-20(8-6-12)17-14(11-21)10-13-3-1-2-4-15(13)19-17/h1-4,10,12,21H,5-9,11H2,(H2,18,22). The van der Waals surface area contributed by atoms with E-state index in [1.165, 1.54) is 0 Å². The van der Waals surface area contributed by atoms with Gasteiger partial charge in [-0.2, -0.15) is 0 Å². The third-order valence-corrected chi connectivity index (χ3v) is 4.35. The van der Waals surface area contributed by atoms with E-state index in [-0.39, 0.29) is 12.5 Å². The third kappa shape index (κ3) is 3.04. The van der Waals surface area contributed by atoms with Crippen molar-refractivity contribution in [1.29, 1.82) is 0 Å². The quantitative estimate of drug-likeness (QED) is 0.902. The summed E-state index contributed by atoms with van der Waals surface area (Å²) in [4.78, 5) is 18.0. The zero-order valence-electron chi connectivity index (χ0n) is 12.5. The van der Waals surface area contributed by atoms with Crippen molar-refractivity contribution >= 4 is 22.6 Å². The van der Waals surface area contributed by atoms with Crippen molar-refractivity contribution in [2.24, 2.45) is 11.7 Å². The molecular weight excluding hydrogens is 278 g/mol. The van der Waals surface area contributed by atoms with Crippen LogP contribution in [0.5, 0.6) is 0 Å². The zero-order valence-corrected chi connectivity index (χ0v) is 12.5. The van der Waals surface area contributed by atoms with Gasteiger partial charge in [-0.15, -0.1) is 0 Å². The lowest BCUT2D eigenvalue weighted by atomic mass is 9.93. The van der Waals surface area contributed by atoms with Crippen LogP contribution in [-0.2, 0) is 11.4 Å². The summed E-state index contributed by atoms with van der Waals surface area (Å²) >= 11 is 0. The Hall–Kier alpha value is -2.14. The number of aromatic nitrogens is 1. The molecule has 0 aliphatic carbocycles. The van der Waals surface area contributed by atoms with Gasteiger partial charge in [0.25, 0.3) is 0 Å². The van der Waals surface area contributed by atoms with E-state index in [4.69, 9.17) is 10.7 Å². The molecule has 0 bridgehead atoms. The highest BCUT2D eigenvalue weighted by Crippen LogP contribution is 2.28. The van der Waals surface area contributed by atoms with Crippen LogP contribution >= 0.6 is 0 Å². The maximum atomic E-state index is 11.0. The van der Waals surface area contributed by atoms with Crippen molar-refractivity contribution in [3.8, 4) is 0 Å². The fourth-order valence-corrected chi connectivity index (χ4v) is 3.17. The molecule has 0 saturated carbocycles. The molecule has 1 fully saturated rings. The van der Waals surface area contributed by atoms with Gasteiger partial charge in [-0.3, -0.25) is 4.79 Å². The largest absolute Gasteiger partial charge is 0.392 e. The van der Waals surface area contributed by atoms with Crippen molar-refractivity contribution in [2.75, 3.05) is 18.0 Å². The molecule has 1 saturated heterocycles. The van der Waals surface area contributed by atoms with Gasteiger partial charge in [0.2, 0.25) is 5.91 Å². The lowest BCUT2D eigenvalue weighted by Crippen LogP contribution is -2.36. The highest BCUT2D eigenvalue weighted by Gasteiger charge is 2.23. The number of hydrogen-bond donors (Lipinski definition) is 2. The predicted molar refractivity (Wildman–Crippen MR) is 86.4 cm³/mol. The number of carbonyl (C=O) groups excluding carboxylic acids is 1. The number of amides is 1. The Labute approximate surface area is 129 Å². The molecule has 5 nitrogen and oxygen atoms in total. The molecule has 3 rings (SSSR count). The van der Waals surface area contributed by atoms with Gasteiger partial charge >= 0.3 is 0 Å².